The Kier molecular flexibility index (Phi) is 4.68. The Balaban J connectivity index is 2.34. The van der Waals surface area contributed by atoms with Crippen molar-refractivity contribution in [2.75, 3.05) is 13.6 Å². The van der Waals surface area contributed by atoms with Crippen molar-refractivity contribution in [3.05, 3.63) is 35.9 Å². The summed E-state index contributed by atoms with van der Waals surface area (Å²) in [5.41, 5.74) is 1.12. The number of hydrogen-bond donors (Lipinski definition) is 1. The first-order chi connectivity index (χ1) is 7.24. The molecule has 1 aromatic rings. The third-order valence-corrected chi connectivity index (χ3v) is 2.19. The molecule has 0 radical (unpaired) electrons. The van der Waals surface area contributed by atoms with Crippen molar-refractivity contribution in [2.45, 2.75) is 19.9 Å². The standard InChI is InChI=1S/C12H18N2O/c1-3-9-14(2)12(15)13-10-11-7-5-4-6-8-11/h4-8H,3,9-10H2,1-2H3,(H,13,15). The van der Waals surface area contributed by atoms with Crippen LogP contribution in [0, 0.1) is 0 Å². The molecule has 3 nitrogen and oxygen atoms in total. The lowest BCUT2D eigenvalue weighted by Gasteiger charge is -2.16. The molecule has 82 valence electrons. The van der Waals surface area contributed by atoms with Gasteiger partial charge in [0.15, 0.2) is 0 Å². The summed E-state index contributed by atoms with van der Waals surface area (Å²) in [6.45, 7) is 3.44. The Morgan fingerprint density at radius 1 is 1.33 bits per heavy atom. The molecule has 0 atom stereocenters. The number of hydrogen-bond acceptors (Lipinski definition) is 1. The predicted molar refractivity (Wildman–Crippen MR) is 61.6 cm³/mol. The Hall–Kier alpha value is -1.51. The minimum Gasteiger partial charge on any atom is -0.334 e. The minimum atomic E-state index is -0.0132. The highest BCUT2D eigenvalue weighted by Crippen LogP contribution is 1.97. The van der Waals surface area contributed by atoms with Crippen LogP contribution >= 0.6 is 0 Å². The molecule has 0 aliphatic rings. The molecule has 0 spiro atoms. The number of nitrogens with one attached hydrogen (secondary N) is 1. The summed E-state index contributed by atoms with van der Waals surface area (Å²) in [5, 5.41) is 2.87. The normalized spacial score (nSPS) is 9.73. The molecule has 1 N–H and O–H groups in total. The van der Waals surface area contributed by atoms with Gasteiger partial charge in [-0.2, -0.15) is 0 Å². The fourth-order valence-electron chi connectivity index (χ4n) is 1.35. The fraction of sp³-hybridized carbons (Fsp3) is 0.417. The van der Waals surface area contributed by atoms with E-state index in [1.54, 1.807) is 4.90 Å². The number of urea groups is 1. The Labute approximate surface area is 91.1 Å². The first kappa shape index (κ1) is 11.6. The zero-order valence-electron chi connectivity index (χ0n) is 9.36. The lowest BCUT2D eigenvalue weighted by Crippen LogP contribution is -2.37. The summed E-state index contributed by atoms with van der Waals surface area (Å²) >= 11 is 0. The van der Waals surface area contributed by atoms with Crippen molar-refractivity contribution in [3.63, 3.8) is 0 Å². The van der Waals surface area contributed by atoms with E-state index in [0.29, 0.717) is 6.54 Å². The van der Waals surface area contributed by atoms with Crippen molar-refractivity contribution in [1.29, 1.82) is 0 Å². The van der Waals surface area contributed by atoms with Crippen LogP contribution in [0.3, 0.4) is 0 Å². The van der Waals surface area contributed by atoms with E-state index in [4.69, 9.17) is 0 Å². The van der Waals surface area contributed by atoms with Gasteiger partial charge in [-0.1, -0.05) is 37.3 Å². The van der Waals surface area contributed by atoms with E-state index in [1.165, 1.54) is 0 Å². The molecule has 1 aromatic carbocycles. The second kappa shape index (κ2) is 6.06. The summed E-state index contributed by atoms with van der Waals surface area (Å²) in [6, 6.07) is 9.89. The fourth-order valence-corrected chi connectivity index (χ4v) is 1.35. The van der Waals surface area contributed by atoms with Gasteiger partial charge >= 0.3 is 6.03 Å². The molecule has 1 rings (SSSR count). The van der Waals surface area contributed by atoms with Crippen molar-refractivity contribution >= 4 is 6.03 Å². The summed E-state index contributed by atoms with van der Waals surface area (Å²) in [4.78, 5) is 13.2. The maximum Gasteiger partial charge on any atom is 0.317 e. The largest absolute Gasteiger partial charge is 0.334 e. The zero-order valence-corrected chi connectivity index (χ0v) is 9.36. The lowest BCUT2D eigenvalue weighted by atomic mass is 10.2. The van der Waals surface area contributed by atoms with Crippen LogP contribution < -0.4 is 5.32 Å². The van der Waals surface area contributed by atoms with E-state index in [9.17, 15) is 4.79 Å². The number of nitrogens with zero attached hydrogens (tertiary/aromatic N) is 1. The summed E-state index contributed by atoms with van der Waals surface area (Å²) in [5.74, 6) is 0. The van der Waals surface area contributed by atoms with Gasteiger partial charge in [-0.25, -0.2) is 4.79 Å². The molecule has 0 saturated heterocycles. The van der Waals surface area contributed by atoms with E-state index in [-0.39, 0.29) is 6.03 Å². The predicted octanol–water partition coefficient (Wildman–Crippen LogP) is 2.24. The molecule has 0 heterocycles. The number of amides is 2. The van der Waals surface area contributed by atoms with Gasteiger partial charge in [-0.15, -0.1) is 0 Å². The van der Waals surface area contributed by atoms with Gasteiger partial charge in [0.1, 0.15) is 0 Å². The molecule has 2 amide bonds. The van der Waals surface area contributed by atoms with Gasteiger partial charge in [0.2, 0.25) is 0 Å². The first-order valence-corrected chi connectivity index (χ1v) is 5.27. The Morgan fingerprint density at radius 3 is 2.60 bits per heavy atom. The van der Waals surface area contributed by atoms with Crippen LogP contribution in [0.4, 0.5) is 4.79 Å². The van der Waals surface area contributed by atoms with Crippen molar-refractivity contribution in [1.82, 2.24) is 10.2 Å². The number of carbonyl (C=O) groups excluding carboxylic acids is 1. The summed E-state index contributed by atoms with van der Waals surface area (Å²) in [6.07, 6.45) is 0.981. The maximum absolute atomic E-state index is 11.5. The molecule has 15 heavy (non-hydrogen) atoms. The number of benzene rings is 1. The molecule has 3 heteroatoms. The van der Waals surface area contributed by atoms with E-state index in [2.05, 4.69) is 12.2 Å². The third kappa shape index (κ3) is 4.02. The van der Waals surface area contributed by atoms with Crippen LogP contribution in [0.2, 0.25) is 0 Å². The average molecular weight is 206 g/mol. The molecule has 0 unspecified atom stereocenters. The monoisotopic (exact) mass is 206 g/mol. The molecule has 0 saturated carbocycles. The van der Waals surface area contributed by atoms with Gasteiger partial charge in [0, 0.05) is 20.1 Å². The van der Waals surface area contributed by atoms with Crippen molar-refractivity contribution < 1.29 is 4.79 Å². The van der Waals surface area contributed by atoms with E-state index in [1.807, 2.05) is 37.4 Å². The Bertz CT molecular complexity index is 298. The van der Waals surface area contributed by atoms with Gasteiger partial charge in [0.25, 0.3) is 0 Å². The highest BCUT2D eigenvalue weighted by molar-refractivity contribution is 5.73. The second-order valence-corrected chi connectivity index (χ2v) is 3.57. The quantitative estimate of drug-likeness (QED) is 0.805. The minimum absolute atomic E-state index is 0.0132. The highest BCUT2D eigenvalue weighted by atomic mass is 16.2. The number of carbonyl (C=O) groups is 1. The van der Waals surface area contributed by atoms with E-state index < -0.39 is 0 Å². The SMILES string of the molecule is CCCN(C)C(=O)NCc1ccccc1. The van der Waals surface area contributed by atoms with Crippen LogP contribution in [-0.2, 0) is 6.54 Å². The van der Waals surface area contributed by atoms with Crippen molar-refractivity contribution in [2.24, 2.45) is 0 Å². The molecule has 0 bridgehead atoms. The second-order valence-electron chi connectivity index (χ2n) is 3.57. The smallest absolute Gasteiger partial charge is 0.317 e. The Morgan fingerprint density at radius 2 is 2.00 bits per heavy atom. The lowest BCUT2D eigenvalue weighted by molar-refractivity contribution is 0.208. The zero-order chi connectivity index (χ0) is 11.1. The van der Waals surface area contributed by atoms with Crippen LogP contribution in [-0.4, -0.2) is 24.5 Å². The number of rotatable bonds is 4. The van der Waals surface area contributed by atoms with Crippen LogP contribution in [0.5, 0.6) is 0 Å². The molecule has 0 fully saturated rings. The topological polar surface area (TPSA) is 32.3 Å². The molecule has 0 aliphatic heterocycles. The average Bonchev–Trinajstić information content (AvgIpc) is 2.27. The molecule has 0 aliphatic carbocycles. The molecular formula is C12H18N2O. The summed E-state index contributed by atoms with van der Waals surface area (Å²) in [7, 11) is 1.81. The summed E-state index contributed by atoms with van der Waals surface area (Å²) < 4.78 is 0. The van der Waals surface area contributed by atoms with Crippen LogP contribution in [0.15, 0.2) is 30.3 Å². The van der Waals surface area contributed by atoms with Crippen LogP contribution in [0.1, 0.15) is 18.9 Å². The van der Waals surface area contributed by atoms with Crippen LogP contribution in [0.25, 0.3) is 0 Å². The third-order valence-electron chi connectivity index (χ3n) is 2.19. The van der Waals surface area contributed by atoms with E-state index in [0.717, 1.165) is 18.5 Å². The van der Waals surface area contributed by atoms with Gasteiger partial charge in [0.05, 0.1) is 0 Å². The van der Waals surface area contributed by atoms with Gasteiger partial charge in [-0.05, 0) is 12.0 Å². The molecule has 0 aromatic heterocycles. The highest BCUT2D eigenvalue weighted by Gasteiger charge is 2.05. The van der Waals surface area contributed by atoms with Crippen molar-refractivity contribution in [3.8, 4) is 0 Å². The first-order valence-electron chi connectivity index (χ1n) is 5.27. The molecular weight excluding hydrogens is 188 g/mol. The van der Waals surface area contributed by atoms with Gasteiger partial charge in [-0.3, -0.25) is 0 Å². The van der Waals surface area contributed by atoms with E-state index >= 15 is 0 Å². The maximum atomic E-state index is 11.5. The van der Waals surface area contributed by atoms with Gasteiger partial charge < -0.3 is 10.2 Å².